The Labute approximate surface area is 122 Å². The van der Waals surface area contributed by atoms with Crippen LogP contribution in [0.2, 0.25) is 0 Å². The minimum absolute atomic E-state index is 0.164. The minimum Gasteiger partial charge on any atom is -0.338 e. The van der Waals surface area contributed by atoms with Crippen molar-refractivity contribution in [3.8, 4) is 0 Å². The number of hydrogen-bond donors (Lipinski definition) is 1. The van der Waals surface area contributed by atoms with E-state index in [4.69, 9.17) is 0 Å². The zero-order chi connectivity index (χ0) is 13.4. The van der Waals surface area contributed by atoms with Gasteiger partial charge in [0, 0.05) is 23.6 Å². The molecule has 2 aliphatic rings. The molecule has 102 valence electrons. The maximum absolute atomic E-state index is 12.6. The van der Waals surface area contributed by atoms with Crippen LogP contribution in [0, 0.1) is 12.8 Å². The van der Waals surface area contributed by atoms with E-state index in [-0.39, 0.29) is 5.91 Å². The Kier molecular flexibility index (Phi) is 3.63. The second-order valence-corrected chi connectivity index (χ2v) is 6.49. The Balaban J connectivity index is 1.76. The summed E-state index contributed by atoms with van der Waals surface area (Å²) in [6.07, 6.45) is 2.28. The number of nitrogens with zero attached hydrogens (tertiary/aromatic N) is 1. The van der Waals surface area contributed by atoms with Crippen molar-refractivity contribution < 1.29 is 4.79 Å². The lowest BCUT2D eigenvalue weighted by molar-refractivity contribution is 0.0661. The minimum atomic E-state index is 0.164. The van der Waals surface area contributed by atoms with E-state index in [1.165, 1.54) is 12.0 Å². The van der Waals surface area contributed by atoms with Gasteiger partial charge in [0.2, 0.25) is 0 Å². The number of benzene rings is 1. The van der Waals surface area contributed by atoms with Gasteiger partial charge in [-0.1, -0.05) is 6.07 Å². The smallest absolute Gasteiger partial charge is 0.255 e. The molecule has 0 bridgehead atoms. The Morgan fingerprint density at radius 3 is 3.05 bits per heavy atom. The lowest BCUT2D eigenvalue weighted by Gasteiger charge is -2.35. The molecule has 0 aromatic heterocycles. The van der Waals surface area contributed by atoms with Gasteiger partial charge in [-0.2, -0.15) is 0 Å². The average Bonchev–Trinajstić information content (AvgIpc) is 2.85. The average molecular weight is 323 g/mol. The van der Waals surface area contributed by atoms with Crippen molar-refractivity contribution in [3.63, 3.8) is 0 Å². The molecule has 0 saturated carbocycles. The Bertz CT molecular complexity index is 503. The summed E-state index contributed by atoms with van der Waals surface area (Å²) >= 11 is 3.51. The number of aryl methyl sites for hydroxylation is 1. The number of likely N-dealkylation sites (tertiary alicyclic amines) is 1. The van der Waals surface area contributed by atoms with Crippen molar-refractivity contribution in [2.45, 2.75) is 25.8 Å². The monoisotopic (exact) mass is 322 g/mol. The number of piperidine rings is 1. The summed E-state index contributed by atoms with van der Waals surface area (Å²) in [6.45, 7) is 4.91. The topological polar surface area (TPSA) is 32.3 Å². The number of carbonyl (C=O) groups is 1. The van der Waals surface area contributed by atoms with Crippen LogP contribution in [0.15, 0.2) is 22.7 Å². The third-order valence-electron chi connectivity index (χ3n) is 4.30. The molecule has 3 nitrogen and oxygen atoms in total. The van der Waals surface area contributed by atoms with Gasteiger partial charge in [-0.15, -0.1) is 0 Å². The molecule has 0 aliphatic carbocycles. The van der Waals surface area contributed by atoms with E-state index in [0.717, 1.165) is 36.1 Å². The van der Waals surface area contributed by atoms with Gasteiger partial charge in [-0.05, 0) is 65.9 Å². The van der Waals surface area contributed by atoms with E-state index in [1.54, 1.807) is 0 Å². The highest BCUT2D eigenvalue weighted by Crippen LogP contribution is 2.27. The van der Waals surface area contributed by atoms with Gasteiger partial charge in [0.25, 0.3) is 5.91 Å². The quantitative estimate of drug-likeness (QED) is 0.862. The van der Waals surface area contributed by atoms with Gasteiger partial charge < -0.3 is 10.2 Å². The van der Waals surface area contributed by atoms with E-state index in [9.17, 15) is 4.79 Å². The summed E-state index contributed by atoms with van der Waals surface area (Å²) in [4.78, 5) is 14.6. The van der Waals surface area contributed by atoms with Crippen LogP contribution < -0.4 is 5.32 Å². The summed E-state index contributed by atoms with van der Waals surface area (Å²) in [5, 5.41) is 3.53. The summed E-state index contributed by atoms with van der Waals surface area (Å²) in [7, 11) is 0. The van der Waals surface area contributed by atoms with Crippen LogP contribution in [0.3, 0.4) is 0 Å². The first-order chi connectivity index (χ1) is 9.15. The van der Waals surface area contributed by atoms with Crippen molar-refractivity contribution in [2.75, 3.05) is 19.6 Å². The van der Waals surface area contributed by atoms with Crippen LogP contribution in [-0.2, 0) is 0 Å². The second-order valence-electron chi connectivity index (χ2n) is 5.63. The molecule has 19 heavy (non-hydrogen) atoms. The predicted molar refractivity (Wildman–Crippen MR) is 79.3 cm³/mol. The molecular formula is C15H19BrN2O. The van der Waals surface area contributed by atoms with Crippen molar-refractivity contribution in [1.82, 2.24) is 10.2 Å². The molecule has 3 rings (SSSR count). The zero-order valence-corrected chi connectivity index (χ0v) is 12.7. The van der Waals surface area contributed by atoms with E-state index in [0.29, 0.717) is 12.0 Å². The number of rotatable bonds is 1. The van der Waals surface area contributed by atoms with Crippen molar-refractivity contribution in [2.24, 2.45) is 5.92 Å². The fraction of sp³-hybridized carbons (Fsp3) is 0.533. The van der Waals surface area contributed by atoms with E-state index in [2.05, 4.69) is 21.2 Å². The Morgan fingerprint density at radius 1 is 1.42 bits per heavy atom. The highest BCUT2D eigenvalue weighted by Gasteiger charge is 2.34. The normalized spacial score (nSPS) is 26.3. The number of carbonyl (C=O) groups excluding carboxylic acids is 1. The van der Waals surface area contributed by atoms with Crippen molar-refractivity contribution >= 4 is 21.8 Å². The van der Waals surface area contributed by atoms with Crippen LogP contribution in [0.4, 0.5) is 0 Å². The predicted octanol–water partition coefficient (Wildman–Crippen LogP) is 2.58. The van der Waals surface area contributed by atoms with Crippen LogP contribution in [-0.4, -0.2) is 36.5 Å². The SMILES string of the molecule is Cc1ccc(C(=O)N2CCC3NCCC3C2)c(Br)c1. The fourth-order valence-electron chi connectivity index (χ4n) is 3.20. The molecular weight excluding hydrogens is 304 g/mol. The van der Waals surface area contributed by atoms with Crippen molar-refractivity contribution in [3.05, 3.63) is 33.8 Å². The number of amides is 1. The molecule has 0 radical (unpaired) electrons. The third-order valence-corrected chi connectivity index (χ3v) is 4.95. The standard InChI is InChI=1S/C15H19BrN2O/c1-10-2-3-12(13(16)8-10)15(19)18-7-5-14-11(9-18)4-6-17-14/h2-3,8,11,14,17H,4-7,9H2,1H3. The second kappa shape index (κ2) is 5.25. The van der Waals surface area contributed by atoms with Crippen LogP contribution in [0.25, 0.3) is 0 Å². The molecule has 2 unspecified atom stereocenters. The van der Waals surface area contributed by atoms with Crippen LogP contribution in [0.1, 0.15) is 28.8 Å². The summed E-state index contributed by atoms with van der Waals surface area (Å²) in [6, 6.07) is 6.57. The first-order valence-electron chi connectivity index (χ1n) is 6.94. The third kappa shape index (κ3) is 2.56. The van der Waals surface area contributed by atoms with Gasteiger partial charge in [0.1, 0.15) is 0 Å². The molecule has 4 heteroatoms. The zero-order valence-electron chi connectivity index (χ0n) is 11.2. The molecule has 1 aromatic rings. The highest BCUT2D eigenvalue weighted by molar-refractivity contribution is 9.10. The van der Waals surface area contributed by atoms with Gasteiger partial charge in [-0.25, -0.2) is 0 Å². The molecule has 1 aromatic carbocycles. The van der Waals surface area contributed by atoms with Crippen LogP contribution >= 0.6 is 15.9 Å². The molecule has 1 amide bonds. The van der Waals surface area contributed by atoms with E-state index >= 15 is 0 Å². The molecule has 2 aliphatic heterocycles. The molecule has 2 fully saturated rings. The molecule has 2 heterocycles. The first-order valence-corrected chi connectivity index (χ1v) is 7.73. The molecule has 2 saturated heterocycles. The highest BCUT2D eigenvalue weighted by atomic mass is 79.9. The first kappa shape index (κ1) is 13.1. The van der Waals surface area contributed by atoms with Gasteiger partial charge in [0.15, 0.2) is 0 Å². The largest absolute Gasteiger partial charge is 0.338 e. The molecule has 2 atom stereocenters. The van der Waals surface area contributed by atoms with E-state index < -0.39 is 0 Å². The molecule has 0 spiro atoms. The van der Waals surface area contributed by atoms with Crippen LogP contribution in [0.5, 0.6) is 0 Å². The Hall–Kier alpha value is -0.870. The number of nitrogens with one attached hydrogen (secondary N) is 1. The summed E-state index contributed by atoms with van der Waals surface area (Å²) in [5.74, 6) is 0.805. The Morgan fingerprint density at radius 2 is 2.26 bits per heavy atom. The maximum atomic E-state index is 12.6. The van der Waals surface area contributed by atoms with E-state index in [1.807, 2.05) is 30.0 Å². The fourth-order valence-corrected chi connectivity index (χ4v) is 3.86. The van der Waals surface area contributed by atoms with Gasteiger partial charge in [-0.3, -0.25) is 4.79 Å². The maximum Gasteiger partial charge on any atom is 0.255 e. The van der Waals surface area contributed by atoms with Crippen molar-refractivity contribution in [1.29, 1.82) is 0 Å². The van der Waals surface area contributed by atoms with Gasteiger partial charge in [0.05, 0.1) is 5.56 Å². The molecule has 1 N–H and O–H groups in total. The summed E-state index contributed by atoms with van der Waals surface area (Å²) in [5.41, 5.74) is 1.96. The number of halogens is 1. The summed E-state index contributed by atoms with van der Waals surface area (Å²) < 4.78 is 0.907. The lowest BCUT2D eigenvalue weighted by Crippen LogP contribution is -2.46. The lowest BCUT2D eigenvalue weighted by atomic mass is 9.93. The van der Waals surface area contributed by atoms with Gasteiger partial charge >= 0.3 is 0 Å². The number of hydrogen-bond acceptors (Lipinski definition) is 2. The number of fused-ring (bicyclic) bond motifs is 1.